The number of pyridine rings is 1. The Morgan fingerprint density at radius 3 is 2.60 bits per heavy atom. The number of carbonyl (C=O) groups is 1. The highest BCUT2D eigenvalue weighted by Gasteiger charge is 2.23. The number of nitrogens with one attached hydrogen (secondary N) is 1. The monoisotopic (exact) mass is 476 g/mol. The molecule has 182 valence electrons. The van der Waals surface area contributed by atoms with Crippen LogP contribution in [0.3, 0.4) is 0 Å². The van der Waals surface area contributed by atoms with Crippen molar-refractivity contribution in [3.63, 3.8) is 0 Å². The van der Waals surface area contributed by atoms with Crippen molar-refractivity contribution in [1.82, 2.24) is 19.2 Å². The maximum absolute atomic E-state index is 14.8. The lowest BCUT2D eigenvalue weighted by molar-refractivity contribution is 0.102. The molecule has 5 rings (SSSR count). The fourth-order valence-electron chi connectivity index (χ4n) is 4.36. The third-order valence-electron chi connectivity index (χ3n) is 6.24. The number of morpholine rings is 1. The third kappa shape index (κ3) is 4.39. The van der Waals surface area contributed by atoms with Crippen molar-refractivity contribution in [2.75, 3.05) is 36.5 Å². The van der Waals surface area contributed by atoms with Crippen LogP contribution < -0.4 is 10.2 Å². The molecule has 35 heavy (non-hydrogen) atoms. The largest absolute Gasteiger partial charge is 0.378 e. The molecule has 1 aliphatic heterocycles. The molecule has 0 unspecified atom stereocenters. The molecule has 0 saturated carbocycles. The van der Waals surface area contributed by atoms with E-state index in [2.05, 4.69) is 36.8 Å². The van der Waals surface area contributed by atoms with Crippen LogP contribution in [0.1, 0.15) is 36.7 Å². The lowest BCUT2D eigenvalue weighted by Gasteiger charge is -2.30. The Morgan fingerprint density at radius 2 is 1.89 bits per heavy atom. The van der Waals surface area contributed by atoms with Gasteiger partial charge in [0.05, 0.1) is 36.7 Å². The Kier molecular flexibility index (Phi) is 5.80. The van der Waals surface area contributed by atoms with Gasteiger partial charge >= 0.3 is 0 Å². The number of ether oxygens (including phenoxy) is 1. The van der Waals surface area contributed by atoms with E-state index < -0.39 is 17.4 Å². The van der Waals surface area contributed by atoms with Crippen LogP contribution in [0, 0.1) is 12.9 Å². The molecule has 0 spiro atoms. The zero-order valence-electron chi connectivity index (χ0n) is 20.4. The van der Waals surface area contributed by atoms with Crippen LogP contribution in [0.2, 0.25) is 0 Å². The highest BCUT2D eigenvalue weighted by Crippen LogP contribution is 2.31. The Balaban J connectivity index is 1.49. The first-order valence-corrected chi connectivity index (χ1v) is 11.7. The van der Waals surface area contributed by atoms with E-state index in [0.717, 1.165) is 41.1 Å². The molecule has 8 nitrogen and oxygen atoms in total. The Morgan fingerprint density at radius 1 is 1.11 bits per heavy atom. The number of imidazole rings is 1. The van der Waals surface area contributed by atoms with Crippen molar-refractivity contribution in [3.8, 4) is 11.1 Å². The number of carbonyl (C=O) groups excluding carboxylic acids is 1. The molecule has 0 atom stereocenters. The van der Waals surface area contributed by atoms with Crippen LogP contribution in [0.5, 0.6) is 0 Å². The van der Waals surface area contributed by atoms with Gasteiger partial charge in [0.2, 0.25) is 5.95 Å². The van der Waals surface area contributed by atoms with Gasteiger partial charge in [0, 0.05) is 18.7 Å². The summed E-state index contributed by atoms with van der Waals surface area (Å²) in [5.41, 5.74) is 3.88. The van der Waals surface area contributed by atoms with Crippen LogP contribution in [0.15, 0.2) is 49.1 Å². The number of anilines is 2. The molecule has 1 aliphatic rings. The highest BCUT2D eigenvalue weighted by molar-refractivity contribution is 6.05. The first-order chi connectivity index (χ1) is 16.7. The van der Waals surface area contributed by atoms with Gasteiger partial charge in [0.15, 0.2) is 0 Å². The van der Waals surface area contributed by atoms with E-state index >= 15 is 0 Å². The number of fused-ring (bicyclic) bond motifs is 1. The Labute approximate surface area is 203 Å². The maximum atomic E-state index is 14.8. The van der Waals surface area contributed by atoms with E-state index in [0.29, 0.717) is 18.8 Å². The van der Waals surface area contributed by atoms with Crippen LogP contribution in [0.4, 0.5) is 15.9 Å². The fourth-order valence-corrected chi connectivity index (χ4v) is 4.36. The first-order valence-electron chi connectivity index (χ1n) is 11.7. The highest BCUT2D eigenvalue weighted by atomic mass is 19.1. The fraction of sp³-hybridized carbons (Fsp3) is 0.346. The van der Waals surface area contributed by atoms with Crippen LogP contribution in [0.25, 0.3) is 16.6 Å². The van der Waals surface area contributed by atoms with Gasteiger partial charge < -0.3 is 15.0 Å². The van der Waals surface area contributed by atoms with Gasteiger partial charge in [-0.2, -0.15) is 9.49 Å². The van der Waals surface area contributed by atoms with E-state index in [9.17, 15) is 9.18 Å². The molecule has 0 radical (unpaired) electrons. The van der Waals surface area contributed by atoms with Crippen molar-refractivity contribution >= 4 is 22.9 Å². The molecule has 0 aliphatic carbocycles. The SMILES string of the molecule is Cc1ccc(C(=O)Nc2cnn(C(C)(C)C)c2F)cc1-c1cc(N2CCOCC2)n2cncc2c1. The second kappa shape index (κ2) is 8.81. The molecule has 1 saturated heterocycles. The first kappa shape index (κ1) is 23.0. The van der Waals surface area contributed by atoms with E-state index in [1.54, 1.807) is 6.07 Å². The average molecular weight is 477 g/mol. The number of benzene rings is 1. The lowest BCUT2D eigenvalue weighted by Crippen LogP contribution is -2.37. The lowest BCUT2D eigenvalue weighted by atomic mass is 9.98. The predicted octanol–water partition coefficient (Wildman–Crippen LogP) is 4.49. The molecule has 4 aromatic rings. The number of hydrogen-bond acceptors (Lipinski definition) is 5. The molecular weight excluding hydrogens is 447 g/mol. The van der Waals surface area contributed by atoms with Crippen LogP contribution in [-0.2, 0) is 10.3 Å². The molecule has 1 aromatic carbocycles. The molecule has 4 heterocycles. The van der Waals surface area contributed by atoms with Gasteiger partial charge in [-0.3, -0.25) is 9.20 Å². The molecule has 0 bridgehead atoms. The van der Waals surface area contributed by atoms with Crippen molar-refractivity contribution in [2.45, 2.75) is 33.2 Å². The summed E-state index contributed by atoms with van der Waals surface area (Å²) in [5.74, 6) is 0.0705. The quantitative estimate of drug-likeness (QED) is 0.470. The van der Waals surface area contributed by atoms with Gasteiger partial charge in [-0.1, -0.05) is 6.07 Å². The summed E-state index contributed by atoms with van der Waals surface area (Å²) in [6.07, 6.45) is 4.98. The normalized spacial score (nSPS) is 14.5. The van der Waals surface area contributed by atoms with Gasteiger partial charge in [-0.05, 0) is 68.7 Å². The third-order valence-corrected chi connectivity index (χ3v) is 6.24. The second-order valence-corrected chi connectivity index (χ2v) is 9.81. The van der Waals surface area contributed by atoms with Crippen molar-refractivity contribution < 1.29 is 13.9 Å². The topological polar surface area (TPSA) is 76.7 Å². The number of halogens is 1. The zero-order valence-corrected chi connectivity index (χ0v) is 20.4. The maximum Gasteiger partial charge on any atom is 0.255 e. The minimum Gasteiger partial charge on any atom is -0.378 e. The van der Waals surface area contributed by atoms with Gasteiger partial charge in [-0.25, -0.2) is 9.67 Å². The van der Waals surface area contributed by atoms with E-state index in [1.165, 1.54) is 10.9 Å². The van der Waals surface area contributed by atoms with Gasteiger partial charge in [0.1, 0.15) is 17.8 Å². The summed E-state index contributed by atoms with van der Waals surface area (Å²) in [6.45, 7) is 10.5. The standard InChI is InChI=1S/C26H29FN6O2/c1-17-5-6-18(25(34)30-22-15-29-33(24(22)27)26(2,3)4)12-21(17)19-11-20-14-28-16-32(20)23(13-19)31-7-9-35-10-8-31/h5-6,11-16H,7-10H2,1-4H3,(H,30,34). The average Bonchev–Trinajstić information content (AvgIpc) is 3.45. The number of aromatic nitrogens is 4. The second-order valence-electron chi connectivity index (χ2n) is 9.81. The summed E-state index contributed by atoms with van der Waals surface area (Å²) >= 11 is 0. The number of nitrogens with zero attached hydrogens (tertiary/aromatic N) is 5. The molecule has 3 aromatic heterocycles. The minimum absolute atomic E-state index is 0.0577. The number of aryl methyl sites for hydroxylation is 1. The van der Waals surface area contributed by atoms with Crippen molar-refractivity contribution in [2.24, 2.45) is 0 Å². The predicted molar refractivity (Wildman–Crippen MR) is 134 cm³/mol. The summed E-state index contributed by atoms with van der Waals surface area (Å²) < 4.78 is 23.7. The van der Waals surface area contributed by atoms with Gasteiger partial charge in [-0.15, -0.1) is 0 Å². The zero-order chi connectivity index (χ0) is 24.7. The van der Waals surface area contributed by atoms with Gasteiger partial charge in [0.25, 0.3) is 5.91 Å². The van der Waals surface area contributed by atoms with E-state index in [1.807, 2.05) is 52.4 Å². The van der Waals surface area contributed by atoms with Crippen molar-refractivity contribution in [3.05, 3.63) is 66.1 Å². The Bertz CT molecular complexity index is 1390. The molecule has 1 N–H and O–H groups in total. The minimum atomic E-state index is -0.570. The summed E-state index contributed by atoms with van der Waals surface area (Å²) in [4.78, 5) is 19.7. The molecular formula is C26H29FN6O2. The molecule has 9 heteroatoms. The summed E-state index contributed by atoms with van der Waals surface area (Å²) in [6, 6.07) is 9.70. The smallest absolute Gasteiger partial charge is 0.255 e. The molecule has 1 amide bonds. The van der Waals surface area contributed by atoms with Crippen LogP contribution in [-0.4, -0.2) is 51.4 Å². The number of rotatable bonds is 4. The Hall–Kier alpha value is -3.72. The molecule has 1 fully saturated rings. The van der Waals surface area contributed by atoms with Crippen LogP contribution >= 0.6 is 0 Å². The summed E-state index contributed by atoms with van der Waals surface area (Å²) in [5, 5.41) is 6.77. The number of amides is 1. The van der Waals surface area contributed by atoms with Crippen molar-refractivity contribution in [1.29, 1.82) is 0 Å². The summed E-state index contributed by atoms with van der Waals surface area (Å²) in [7, 11) is 0. The van der Waals surface area contributed by atoms with E-state index in [4.69, 9.17) is 4.74 Å². The number of hydrogen-bond donors (Lipinski definition) is 1. The van der Waals surface area contributed by atoms with E-state index in [-0.39, 0.29) is 5.69 Å².